The van der Waals surface area contributed by atoms with Crippen LogP contribution in [0.3, 0.4) is 0 Å². The Morgan fingerprint density at radius 1 is 1.26 bits per heavy atom. The van der Waals surface area contributed by atoms with Crippen LogP contribution in [-0.4, -0.2) is 66.8 Å². The van der Waals surface area contributed by atoms with Crippen LogP contribution in [0, 0.1) is 22.2 Å². The largest absolute Gasteiger partial charge is 0.481 e. The third kappa shape index (κ3) is 15.3. The molecule has 0 aromatic rings. The molecule has 0 amide bonds. The lowest BCUT2D eigenvalue weighted by Gasteiger charge is -2.47. The molecular weight excluding hydrogens is 448 g/mol. The molecule has 4 unspecified atom stereocenters. The maximum atomic E-state index is 10.4. The van der Waals surface area contributed by atoms with E-state index < -0.39 is 24.2 Å². The summed E-state index contributed by atoms with van der Waals surface area (Å²) in [6, 6.07) is 0.381. The first kappa shape index (κ1) is 35.7. The lowest BCUT2D eigenvalue weighted by atomic mass is 9.62. The fourth-order valence-corrected chi connectivity index (χ4v) is 4.22. The third-order valence-corrected chi connectivity index (χ3v) is 6.48. The summed E-state index contributed by atoms with van der Waals surface area (Å²) in [5, 5.41) is 34.0. The van der Waals surface area contributed by atoms with Crippen molar-refractivity contribution in [3.05, 3.63) is 11.6 Å². The van der Waals surface area contributed by atoms with Crippen molar-refractivity contribution >= 4 is 12.4 Å². The molecule has 0 spiro atoms. The summed E-state index contributed by atoms with van der Waals surface area (Å²) in [7, 11) is 2.02. The normalized spacial score (nSPS) is 24.1. The molecule has 1 aliphatic carbocycles. The van der Waals surface area contributed by atoms with Crippen LogP contribution in [0.1, 0.15) is 88.0 Å². The number of ether oxygens (including phenoxy) is 1. The highest BCUT2D eigenvalue weighted by Crippen LogP contribution is 2.45. The topological polar surface area (TPSA) is 128 Å². The SMILES string of the molecule is C/C=C(/C)C(O)NC1CC(C)(C)CC(C)(CNC)C1.CC(CO)(COC=O)C(=O)O.CCC(C)C. The molecule has 0 aromatic heterocycles. The molecule has 1 aliphatic rings. The second kappa shape index (κ2) is 17.1. The van der Waals surface area contributed by atoms with Gasteiger partial charge < -0.3 is 25.4 Å². The Kier molecular flexibility index (Phi) is 17.4. The highest BCUT2D eigenvalue weighted by molar-refractivity contribution is 5.74. The maximum absolute atomic E-state index is 10.4. The van der Waals surface area contributed by atoms with E-state index in [9.17, 15) is 14.7 Å². The monoisotopic (exact) mass is 502 g/mol. The van der Waals surface area contributed by atoms with Crippen molar-refractivity contribution < 1.29 is 29.6 Å². The van der Waals surface area contributed by atoms with Crippen LogP contribution in [-0.2, 0) is 14.3 Å². The number of aliphatic hydroxyl groups excluding tert-OH is 2. The summed E-state index contributed by atoms with van der Waals surface area (Å²) in [6.07, 6.45) is 6.24. The van der Waals surface area contributed by atoms with Crippen molar-refractivity contribution in [1.29, 1.82) is 0 Å². The van der Waals surface area contributed by atoms with Crippen molar-refractivity contribution in [2.45, 2.75) is 100 Å². The zero-order valence-corrected chi connectivity index (χ0v) is 23.9. The van der Waals surface area contributed by atoms with Crippen LogP contribution in [0.2, 0.25) is 0 Å². The standard InChI is InChI=1S/C16H32N2O.C6H10O5.C5H12/c1-7-12(2)14(19)18-13-8-15(3,4)10-16(5,9-13)11-17-6;1-6(2-7,5(9)10)3-11-4-8;1-4-5(2)3/h7,13-14,17-19H,8-11H2,1-6H3;4,7H,2-3H2,1H3,(H,9,10);5H,4H2,1-3H3/b12-7-;;. The fourth-order valence-electron chi connectivity index (χ4n) is 4.22. The number of rotatable bonds is 11. The smallest absolute Gasteiger partial charge is 0.315 e. The van der Waals surface area contributed by atoms with E-state index in [2.05, 4.69) is 56.9 Å². The summed E-state index contributed by atoms with van der Waals surface area (Å²) < 4.78 is 4.23. The van der Waals surface area contributed by atoms with Crippen LogP contribution in [0.25, 0.3) is 0 Å². The van der Waals surface area contributed by atoms with Crippen molar-refractivity contribution in [2.75, 3.05) is 26.8 Å². The van der Waals surface area contributed by atoms with E-state index in [0.29, 0.717) is 16.9 Å². The molecule has 0 heterocycles. The van der Waals surface area contributed by atoms with Gasteiger partial charge in [0, 0.05) is 12.6 Å². The number of carbonyl (C=O) groups is 2. The number of aliphatic carboxylic acids is 1. The van der Waals surface area contributed by atoms with E-state index in [1.165, 1.54) is 19.8 Å². The van der Waals surface area contributed by atoms with E-state index in [4.69, 9.17) is 10.2 Å². The molecule has 5 N–H and O–H groups in total. The summed E-state index contributed by atoms with van der Waals surface area (Å²) in [6.45, 7) is 19.2. The number of hydrogen-bond donors (Lipinski definition) is 5. The number of aliphatic hydroxyl groups is 2. The molecule has 0 saturated heterocycles. The quantitative estimate of drug-likeness (QED) is 0.163. The van der Waals surface area contributed by atoms with E-state index in [-0.39, 0.29) is 13.1 Å². The second-order valence-electron chi connectivity index (χ2n) is 11.6. The minimum Gasteiger partial charge on any atom is -0.481 e. The maximum Gasteiger partial charge on any atom is 0.315 e. The lowest BCUT2D eigenvalue weighted by molar-refractivity contribution is -0.156. The first-order valence-corrected chi connectivity index (χ1v) is 12.7. The predicted molar refractivity (Wildman–Crippen MR) is 142 cm³/mol. The summed E-state index contributed by atoms with van der Waals surface area (Å²) >= 11 is 0. The summed E-state index contributed by atoms with van der Waals surface area (Å²) in [4.78, 5) is 20.1. The summed E-state index contributed by atoms with van der Waals surface area (Å²) in [5.41, 5.74) is 0.239. The number of carbonyl (C=O) groups excluding carboxylic acids is 1. The average molecular weight is 503 g/mol. The fraction of sp³-hybridized carbons (Fsp3) is 0.852. The van der Waals surface area contributed by atoms with Gasteiger partial charge in [-0.25, -0.2) is 0 Å². The van der Waals surface area contributed by atoms with Crippen LogP contribution in [0.4, 0.5) is 0 Å². The molecular formula is C27H54N2O6. The van der Waals surface area contributed by atoms with Gasteiger partial charge in [0.2, 0.25) is 0 Å². The summed E-state index contributed by atoms with van der Waals surface area (Å²) in [5.74, 6) is -0.308. The van der Waals surface area contributed by atoms with Gasteiger partial charge in [-0.2, -0.15) is 0 Å². The number of carboxylic acids is 1. The Morgan fingerprint density at radius 3 is 2.17 bits per heavy atom. The Morgan fingerprint density at radius 2 is 1.80 bits per heavy atom. The molecule has 1 saturated carbocycles. The highest BCUT2D eigenvalue weighted by atomic mass is 16.5. The number of carboxylic acid groups (broad SMARTS) is 1. The number of nitrogens with one attached hydrogen (secondary N) is 2. The van der Waals surface area contributed by atoms with E-state index in [0.717, 1.165) is 30.9 Å². The molecule has 8 nitrogen and oxygen atoms in total. The molecule has 0 bridgehead atoms. The van der Waals surface area contributed by atoms with Gasteiger partial charge in [-0.15, -0.1) is 0 Å². The average Bonchev–Trinajstić information content (AvgIpc) is 2.75. The minimum atomic E-state index is -1.39. The van der Waals surface area contributed by atoms with Crippen LogP contribution in [0.15, 0.2) is 11.6 Å². The van der Waals surface area contributed by atoms with Crippen molar-refractivity contribution in [3.8, 4) is 0 Å². The van der Waals surface area contributed by atoms with Crippen molar-refractivity contribution in [3.63, 3.8) is 0 Å². The van der Waals surface area contributed by atoms with Gasteiger partial charge in [0.05, 0.1) is 6.61 Å². The first-order chi connectivity index (χ1) is 16.0. The molecule has 0 aromatic carbocycles. The van der Waals surface area contributed by atoms with Crippen LogP contribution in [0.5, 0.6) is 0 Å². The minimum absolute atomic E-state index is 0.150. The van der Waals surface area contributed by atoms with Gasteiger partial charge in [-0.3, -0.25) is 14.9 Å². The molecule has 1 fully saturated rings. The molecule has 4 atom stereocenters. The highest BCUT2D eigenvalue weighted by Gasteiger charge is 2.41. The van der Waals surface area contributed by atoms with E-state index in [1.807, 2.05) is 27.0 Å². The van der Waals surface area contributed by atoms with Crippen molar-refractivity contribution in [1.82, 2.24) is 10.6 Å². The Labute approximate surface area is 213 Å². The van der Waals surface area contributed by atoms with E-state index in [1.54, 1.807) is 0 Å². The van der Waals surface area contributed by atoms with Crippen LogP contribution >= 0.6 is 0 Å². The second-order valence-corrected chi connectivity index (χ2v) is 11.6. The van der Waals surface area contributed by atoms with Gasteiger partial charge in [0.1, 0.15) is 18.2 Å². The van der Waals surface area contributed by atoms with Crippen LogP contribution < -0.4 is 10.6 Å². The molecule has 35 heavy (non-hydrogen) atoms. The third-order valence-electron chi connectivity index (χ3n) is 6.48. The molecule has 208 valence electrons. The Hall–Kier alpha value is -1.48. The Balaban J connectivity index is 0. The zero-order chi connectivity index (χ0) is 27.9. The zero-order valence-electron chi connectivity index (χ0n) is 23.9. The van der Waals surface area contributed by atoms with Crippen molar-refractivity contribution in [2.24, 2.45) is 22.2 Å². The molecule has 0 aliphatic heterocycles. The Bertz CT molecular complexity index is 637. The van der Waals surface area contributed by atoms with Gasteiger partial charge in [0.25, 0.3) is 6.47 Å². The molecule has 1 rings (SSSR count). The van der Waals surface area contributed by atoms with Gasteiger partial charge in [0.15, 0.2) is 0 Å². The van der Waals surface area contributed by atoms with E-state index >= 15 is 0 Å². The molecule has 8 heteroatoms. The van der Waals surface area contributed by atoms with Gasteiger partial charge >= 0.3 is 5.97 Å². The van der Waals surface area contributed by atoms with Gasteiger partial charge in [-0.1, -0.05) is 54.0 Å². The number of allylic oxidation sites excluding steroid dienone is 1. The predicted octanol–water partition coefficient (Wildman–Crippen LogP) is 3.96. The van der Waals surface area contributed by atoms with Gasteiger partial charge in [-0.05, 0) is 69.4 Å². The lowest BCUT2D eigenvalue weighted by Crippen LogP contribution is -2.50. The number of hydrogen-bond acceptors (Lipinski definition) is 7. The first-order valence-electron chi connectivity index (χ1n) is 12.7. The molecule has 0 radical (unpaired) electrons.